The summed E-state index contributed by atoms with van der Waals surface area (Å²) < 4.78 is 1.88. The molecular formula is C21H24N4O. The highest BCUT2D eigenvalue weighted by Crippen LogP contribution is 2.22. The van der Waals surface area contributed by atoms with Crippen molar-refractivity contribution < 1.29 is 4.79 Å². The van der Waals surface area contributed by atoms with Gasteiger partial charge in [0, 0.05) is 29.1 Å². The molecule has 0 saturated heterocycles. The van der Waals surface area contributed by atoms with Gasteiger partial charge in [0.25, 0.3) is 5.91 Å². The van der Waals surface area contributed by atoms with E-state index in [9.17, 15) is 4.79 Å². The molecule has 0 saturated carbocycles. The molecule has 26 heavy (non-hydrogen) atoms. The van der Waals surface area contributed by atoms with Crippen molar-refractivity contribution in [1.29, 1.82) is 0 Å². The van der Waals surface area contributed by atoms with Gasteiger partial charge in [-0.3, -0.25) is 9.36 Å². The lowest BCUT2D eigenvalue weighted by Gasteiger charge is -2.21. The highest BCUT2D eigenvalue weighted by atomic mass is 16.1. The number of nitrogens with zero attached hydrogens (tertiary/aromatic N) is 3. The van der Waals surface area contributed by atoms with Gasteiger partial charge in [-0.25, -0.2) is 9.97 Å². The van der Waals surface area contributed by atoms with Gasteiger partial charge < -0.3 is 5.32 Å². The van der Waals surface area contributed by atoms with E-state index in [4.69, 9.17) is 4.98 Å². The number of carbonyl (C=O) groups is 1. The average Bonchev–Trinajstić information content (AvgIpc) is 2.99. The van der Waals surface area contributed by atoms with E-state index in [1.165, 1.54) is 5.56 Å². The minimum Gasteiger partial charge on any atom is -0.347 e. The molecule has 0 atom stereocenters. The number of benzene rings is 1. The number of hydrogen-bond donors (Lipinski definition) is 1. The van der Waals surface area contributed by atoms with E-state index in [-0.39, 0.29) is 11.4 Å². The number of hydrogen-bond acceptors (Lipinski definition) is 3. The van der Waals surface area contributed by atoms with Crippen molar-refractivity contribution in [3.8, 4) is 17.1 Å². The Morgan fingerprint density at radius 2 is 1.77 bits per heavy atom. The van der Waals surface area contributed by atoms with Crippen LogP contribution in [0.1, 0.15) is 42.5 Å². The Hall–Kier alpha value is -2.95. The Kier molecular flexibility index (Phi) is 4.64. The molecule has 2 aromatic heterocycles. The zero-order valence-corrected chi connectivity index (χ0v) is 15.9. The van der Waals surface area contributed by atoms with Gasteiger partial charge in [0.05, 0.1) is 5.69 Å². The third kappa shape index (κ3) is 3.99. The molecule has 0 aliphatic heterocycles. The minimum absolute atomic E-state index is 0.118. The van der Waals surface area contributed by atoms with Gasteiger partial charge in [-0.15, -0.1) is 0 Å². The zero-order chi connectivity index (χ0) is 18.9. The van der Waals surface area contributed by atoms with Gasteiger partial charge in [0.15, 0.2) is 0 Å². The molecule has 0 spiro atoms. The normalized spacial score (nSPS) is 11.4. The van der Waals surface area contributed by atoms with Crippen molar-refractivity contribution >= 4 is 5.91 Å². The van der Waals surface area contributed by atoms with E-state index in [2.05, 4.69) is 10.3 Å². The molecule has 0 aliphatic rings. The molecule has 0 bridgehead atoms. The van der Waals surface area contributed by atoms with Gasteiger partial charge >= 0.3 is 0 Å². The zero-order valence-electron chi connectivity index (χ0n) is 15.9. The largest absolute Gasteiger partial charge is 0.347 e. The van der Waals surface area contributed by atoms with Crippen LogP contribution in [-0.2, 0) is 0 Å². The molecule has 0 aliphatic carbocycles. The smallest absolute Gasteiger partial charge is 0.251 e. The number of aromatic nitrogens is 3. The van der Waals surface area contributed by atoms with E-state index >= 15 is 0 Å². The van der Waals surface area contributed by atoms with Crippen molar-refractivity contribution in [2.75, 3.05) is 0 Å². The maximum atomic E-state index is 12.7. The summed E-state index contributed by atoms with van der Waals surface area (Å²) in [4.78, 5) is 21.8. The Morgan fingerprint density at radius 3 is 2.35 bits per heavy atom. The van der Waals surface area contributed by atoms with Crippen molar-refractivity contribution in [2.24, 2.45) is 0 Å². The predicted octanol–water partition coefficient (Wildman–Crippen LogP) is 4.08. The maximum absolute atomic E-state index is 12.7. The lowest BCUT2D eigenvalue weighted by atomic mass is 10.0. The van der Waals surface area contributed by atoms with E-state index < -0.39 is 0 Å². The minimum atomic E-state index is -0.310. The second kappa shape index (κ2) is 6.75. The molecule has 0 radical (unpaired) electrons. The van der Waals surface area contributed by atoms with E-state index in [0.717, 1.165) is 17.1 Å². The summed E-state index contributed by atoms with van der Waals surface area (Å²) in [5, 5.41) is 3.02. The molecule has 5 nitrogen and oxygen atoms in total. The molecule has 0 fully saturated rings. The van der Waals surface area contributed by atoms with Crippen LogP contribution in [0.15, 0.2) is 48.8 Å². The van der Waals surface area contributed by atoms with Crippen LogP contribution >= 0.6 is 0 Å². The van der Waals surface area contributed by atoms with Gasteiger partial charge in [-0.2, -0.15) is 0 Å². The van der Waals surface area contributed by atoms with Crippen molar-refractivity contribution in [3.63, 3.8) is 0 Å². The van der Waals surface area contributed by atoms with Crippen LogP contribution in [-0.4, -0.2) is 26.0 Å². The first-order chi connectivity index (χ1) is 12.2. The Morgan fingerprint density at radius 1 is 1.08 bits per heavy atom. The molecule has 5 heteroatoms. The number of aryl methyl sites for hydroxylation is 2. The fourth-order valence-electron chi connectivity index (χ4n) is 2.68. The summed E-state index contributed by atoms with van der Waals surface area (Å²) in [6, 6.07) is 11.8. The number of rotatable bonds is 3. The highest BCUT2D eigenvalue weighted by molar-refractivity contribution is 5.96. The third-order valence-electron chi connectivity index (χ3n) is 3.98. The number of carbonyl (C=O) groups excluding carboxylic acids is 1. The summed E-state index contributed by atoms with van der Waals surface area (Å²) in [5.41, 5.74) is 3.18. The van der Waals surface area contributed by atoms with E-state index in [1.54, 1.807) is 12.3 Å². The van der Waals surface area contributed by atoms with Gasteiger partial charge in [-0.1, -0.05) is 29.8 Å². The number of amides is 1. The first kappa shape index (κ1) is 17.9. The highest BCUT2D eigenvalue weighted by Gasteiger charge is 2.18. The average molecular weight is 348 g/mol. The van der Waals surface area contributed by atoms with Crippen molar-refractivity contribution in [1.82, 2.24) is 19.9 Å². The van der Waals surface area contributed by atoms with E-state index in [1.807, 2.05) is 75.7 Å². The van der Waals surface area contributed by atoms with Gasteiger partial charge in [-0.05, 0) is 46.8 Å². The molecule has 3 aromatic rings. The molecule has 134 valence electrons. The SMILES string of the molecule is Cc1ccc(-c2cc(C(=O)NC(C)(C)C)cc(-n3ccnc3C)n2)cc1. The van der Waals surface area contributed by atoms with Gasteiger partial charge in [0.2, 0.25) is 0 Å². The lowest BCUT2D eigenvalue weighted by molar-refractivity contribution is 0.0919. The molecule has 2 heterocycles. The van der Waals surface area contributed by atoms with Crippen LogP contribution < -0.4 is 5.32 Å². The molecule has 1 amide bonds. The topological polar surface area (TPSA) is 59.8 Å². The van der Waals surface area contributed by atoms with Crippen LogP contribution in [0, 0.1) is 13.8 Å². The summed E-state index contributed by atoms with van der Waals surface area (Å²) in [6.07, 6.45) is 3.58. The standard InChI is InChI=1S/C21H24N4O/c1-14-6-8-16(9-7-14)18-12-17(20(26)24-21(3,4)5)13-19(23-18)25-11-10-22-15(25)2/h6-13H,1-5H3,(H,24,26). The second-order valence-electron chi connectivity index (χ2n) is 7.51. The Labute approximate surface area is 154 Å². The fraction of sp³-hybridized carbons (Fsp3) is 0.286. The van der Waals surface area contributed by atoms with E-state index in [0.29, 0.717) is 11.4 Å². The molecular weight excluding hydrogens is 324 g/mol. The molecule has 0 unspecified atom stereocenters. The third-order valence-corrected chi connectivity index (χ3v) is 3.98. The maximum Gasteiger partial charge on any atom is 0.251 e. The number of nitrogens with one attached hydrogen (secondary N) is 1. The number of imidazole rings is 1. The summed E-state index contributed by atoms with van der Waals surface area (Å²) >= 11 is 0. The van der Waals surface area contributed by atoms with Crippen LogP contribution in [0.2, 0.25) is 0 Å². The summed E-state index contributed by atoms with van der Waals surface area (Å²) in [6.45, 7) is 9.86. The first-order valence-electron chi connectivity index (χ1n) is 8.65. The predicted molar refractivity (Wildman–Crippen MR) is 103 cm³/mol. The lowest BCUT2D eigenvalue weighted by Crippen LogP contribution is -2.40. The first-order valence-corrected chi connectivity index (χ1v) is 8.65. The Balaban J connectivity index is 2.12. The number of pyridine rings is 1. The van der Waals surface area contributed by atoms with Crippen LogP contribution in [0.4, 0.5) is 0 Å². The second-order valence-corrected chi connectivity index (χ2v) is 7.51. The molecule has 3 rings (SSSR count). The Bertz CT molecular complexity index is 933. The summed E-state index contributed by atoms with van der Waals surface area (Å²) in [7, 11) is 0. The van der Waals surface area contributed by atoms with Crippen molar-refractivity contribution in [3.05, 3.63) is 65.7 Å². The fourth-order valence-corrected chi connectivity index (χ4v) is 2.68. The van der Waals surface area contributed by atoms with Gasteiger partial charge in [0.1, 0.15) is 11.6 Å². The van der Waals surface area contributed by atoms with Crippen LogP contribution in [0.5, 0.6) is 0 Å². The quantitative estimate of drug-likeness (QED) is 0.776. The molecule has 1 aromatic carbocycles. The molecule has 1 N–H and O–H groups in total. The van der Waals surface area contributed by atoms with Crippen LogP contribution in [0.3, 0.4) is 0 Å². The van der Waals surface area contributed by atoms with Crippen LogP contribution in [0.25, 0.3) is 17.1 Å². The van der Waals surface area contributed by atoms with Crippen molar-refractivity contribution in [2.45, 2.75) is 40.2 Å². The monoisotopic (exact) mass is 348 g/mol. The summed E-state index contributed by atoms with van der Waals surface area (Å²) in [5.74, 6) is 1.38.